The normalized spacial score (nSPS) is 16.7. The van der Waals surface area contributed by atoms with E-state index in [4.69, 9.17) is 16.3 Å². The molecule has 2 heterocycles. The molecule has 0 bridgehead atoms. The second-order valence-corrected chi connectivity index (χ2v) is 5.93. The third-order valence-electron chi connectivity index (χ3n) is 3.07. The van der Waals surface area contributed by atoms with Crippen molar-refractivity contribution in [2.45, 2.75) is 31.4 Å². The molecule has 7 heteroatoms. The van der Waals surface area contributed by atoms with Gasteiger partial charge in [-0.15, -0.1) is 0 Å². The van der Waals surface area contributed by atoms with Gasteiger partial charge in [-0.3, -0.25) is 0 Å². The molecule has 1 aliphatic rings. The van der Waals surface area contributed by atoms with Gasteiger partial charge in [-0.1, -0.05) is 6.92 Å². The summed E-state index contributed by atoms with van der Waals surface area (Å²) < 4.78 is 5.43. The van der Waals surface area contributed by atoms with E-state index in [1.165, 1.54) is 0 Å². The highest BCUT2D eigenvalue weighted by Crippen LogP contribution is 2.24. The topological polar surface area (TPSA) is 51.1 Å². The zero-order chi connectivity index (χ0) is 13.7. The van der Waals surface area contributed by atoms with E-state index in [2.05, 4.69) is 26.1 Å². The van der Waals surface area contributed by atoms with Crippen molar-refractivity contribution in [3.63, 3.8) is 0 Å². The van der Waals surface area contributed by atoms with Gasteiger partial charge in [-0.25, -0.2) is 0 Å². The van der Waals surface area contributed by atoms with Crippen LogP contribution >= 0.6 is 23.4 Å². The number of nitrogens with zero attached hydrogens (tertiary/aromatic N) is 4. The highest BCUT2D eigenvalue weighted by atomic mass is 35.5. The Morgan fingerprint density at radius 3 is 2.68 bits per heavy atom. The summed E-state index contributed by atoms with van der Waals surface area (Å²) >= 11 is 7.86. The van der Waals surface area contributed by atoms with E-state index in [1.54, 1.807) is 0 Å². The van der Waals surface area contributed by atoms with Crippen LogP contribution in [0.3, 0.4) is 0 Å². The Morgan fingerprint density at radius 2 is 2.05 bits per heavy atom. The second-order valence-electron chi connectivity index (χ2n) is 4.46. The summed E-state index contributed by atoms with van der Waals surface area (Å²) in [5.41, 5.74) is 0. The number of ether oxygens (including phenoxy) is 1. The lowest BCUT2D eigenvalue weighted by Crippen LogP contribution is -2.36. The minimum atomic E-state index is 0.197. The summed E-state index contributed by atoms with van der Waals surface area (Å²) in [5.74, 6) is 0.630. The number of piperidine rings is 1. The Kier molecular flexibility index (Phi) is 5.51. The van der Waals surface area contributed by atoms with E-state index >= 15 is 0 Å². The van der Waals surface area contributed by atoms with E-state index in [0.29, 0.717) is 18.6 Å². The SMILES string of the molecule is CCCOc1nc(Cl)nc(N2CCC(SC)CC2)n1. The highest BCUT2D eigenvalue weighted by molar-refractivity contribution is 7.99. The Labute approximate surface area is 123 Å². The molecule has 1 saturated heterocycles. The van der Waals surface area contributed by atoms with Crippen molar-refractivity contribution in [2.24, 2.45) is 0 Å². The Balaban J connectivity index is 2.05. The van der Waals surface area contributed by atoms with Crippen LogP contribution in [0.1, 0.15) is 26.2 Å². The van der Waals surface area contributed by atoms with Gasteiger partial charge in [0.25, 0.3) is 0 Å². The van der Waals surface area contributed by atoms with Crippen molar-refractivity contribution >= 4 is 29.3 Å². The maximum Gasteiger partial charge on any atom is 0.322 e. The first-order chi connectivity index (χ1) is 9.22. The molecule has 0 saturated carbocycles. The van der Waals surface area contributed by atoms with E-state index < -0.39 is 0 Å². The molecule has 5 nitrogen and oxygen atoms in total. The van der Waals surface area contributed by atoms with Gasteiger partial charge in [0.15, 0.2) is 0 Å². The molecule has 0 atom stereocenters. The average Bonchev–Trinajstić information content (AvgIpc) is 2.44. The second kappa shape index (κ2) is 7.14. The number of halogens is 1. The molecule has 19 heavy (non-hydrogen) atoms. The quantitative estimate of drug-likeness (QED) is 0.833. The molecule has 0 aromatic carbocycles. The third kappa shape index (κ3) is 4.11. The number of aromatic nitrogens is 3. The van der Waals surface area contributed by atoms with Crippen molar-refractivity contribution in [3.8, 4) is 6.01 Å². The number of anilines is 1. The van der Waals surface area contributed by atoms with E-state index in [-0.39, 0.29) is 5.28 Å². The first kappa shape index (κ1) is 14.7. The first-order valence-corrected chi connectivity index (χ1v) is 8.21. The van der Waals surface area contributed by atoms with Gasteiger partial charge in [-0.2, -0.15) is 26.7 Å². The van der Waals surface area contributed by atoms with Crippen LogP contribution < -0.4 is 9.64 Å². The molecular formula is C12H19ClN4OS. The summed E-state index contributed by atoms with van der Waals surface area (Å²) in [6.45, 7) is 4.55. The first-order valence-electron chi connectivity index (χ1n) is 6.55. The Bertz CT molecular complexity index is 413. The zero-order valence-electron chi connectivity index (χ0n) is 11.3. The lowest BCUT2D eigenvalue weighted by Gasteiger charge is -2.31. The molecule has 1 aromatic rings. The number of rotatable bonds is 5. The molecule has 0 unspecified atom stereocenters. The standard InChI is InChI=1S/C12H19ClN4OS/c1-3-8-18-12-15-10(13)14-11(16-12)17-6-4-9(19-2)5-7-17/h9H,3-8H2,1-2H3. The van der Waals surface area contributed by atoms with Crippen LogP contribution in [0.15, 0.2) is 0 Å². The summed E-state index contributed by atoms with van der Waals surface area (Å²) in [6.07, 6.45) is 5.37. The fourth-order valence-corrected chi connectivity index (χ4v) is 2.84. The highest BCUT2D eigenvalue weighted by Gasteiger charge is 2.21. The minimum Gasteiger partial charge on any atom is -0.463 e. The van der Waals surface area contributed by atoms with Crippen LogP contribution in [0, 0.1) is 0 Å². The maximum absolute atomic E-state index is 5.93. The summed E-state index contributed by atoms with van der Waals surface area (Å²) in [6, 6.07) is 0.323. The zero-order valence-corrected chi connectivity index (χ0v) is 12.9. The predicted octanol–water partition coefficient (Wildman–Crippen LogP) is 2.65. The van der Waals surface area contributed by atoms with Gasteiger partial charge < -0.3 is 9.64 Å². The number of hydrogen-bond acceptors (Lipinski definition) is 6. The van der Waals surface area contributed by atoms with Crippen molar-refractivity contribution in [3.05, 3.63) is 5.28 Å². The largest absolute Gasteiger partial charge is 0.463 e. The van der Waals surface area contributed by atoms with Gasteiger partial charge in [0.1, 0.15) is 0 Å². The lowest BCUT2D eigenvalue weighted by atomic mass is 10.1. The summed E-state index contributed by atoms with van der Waals surface area (Å²) in [5, 5.41) is 0.937. The van der Waals surface area contributed by atoms with Crippen LogP contribution in [0.4, 0.5) is 5.95 Å². The van der Waals surface area contributed by atoms with Gasteiger partial charge in [0.05, 0.1) is 6.61 Å². The minimum absolute atomic E-state index is 0.197. The molecule has 1 aliphatic heterocycles. The molecule has 0 N–H and O–H groups in total. The van der Waals surface area contributed by atoms with Gasteiger partial charge in [0, 0.05) is 18.3 Å². The smallest absolute Gasteiger partial charge is 0.322 e. The van der Waals surface area contributed by atoms with Crippen LogP contribution in [-0.4, -0.2) is 46.2 Å². The van der Waals surface area contributed by atoms with Crippen molar-refractivity contribution in [1.82, 2.24) is 15.0 Å². The molecule has 0 radical (unpaired) electrons. The molecule has 0 spiro atoms. The van der Waals surface area contributed by atoms with E-state index in [1.807, 2.05) is 18.7 Å². The van der Waals surface area contributed by atoms with Gasteiger partial charge >= 0.3 is 6.01 Å². The molecule has 1 aromatic heterocycles. The summed E-state index contributed by atoms with van der Waals surface area (Å²) in [4.78, 5) is 14.7. The predicted molar refractivity (Wildman–Crippen MR) is 79.4 cm³/mol. The van der Waals surface area contributed by atoms with Crippen LogP contribution in [0.2, 0.25) is 5.28 Å². The lowest BCUT2D eigenvalue weighted by molar-refractivity contribution is 0.291. The molecule has 0 amide bonds. The van der Waals surface area contributed by atoms with Gasteiger partial charge in [0.2, 0.25) is 11.2 Å². The Hall–Kier alpha value is -0.750. The van der Waals surface area contributed by atoms with E-state index in [0.717, 1.165) is 37.6 Å². The number of thioether (sulfide) groups is 1. The third-order valence-corrected chi connectivity index (χ3v) is 4.38. The molecule has 0 aliphatic carbocycles. The fraction of sp³-hybridized carbons (Fsp3) is 0.750. The molecule has 1 fully saturated rings. The van der Waals surface area contributed by atoms with E-state index in [9.17, 15) is 0 Å². The molecule has 2 rings (SSSR count). The van der Waals surface area contributed by atoms with Gasteiger partial charge in [-0.05, 0) is 37.1 Å². The monoisotopic (exact) mass is 302 g/mol. The number of hydrogen-bond donors (Lipinski definition) is 0. The van der Waals surface area contributed by atoms with Crippen LogP contribution in [0.25, 0.3) is 0 Å². The average molecular weight is 303 g/mol. The fourth-order valence-electron chi connectivity index (χ4n) is 2.01. The van der Waals surface area contributed by atoms with Crippen LogP contribution in [0.5, 0.6) is 6.01 Å². The molecular weight excluding hydrogens is 284 g/mol. The van der Waals surface area contributed by atoms with Crippen LogP contribution in [-0.2, 0) is 0 Å². The molecule has 106 valence electrons. The summed E-state index contributed by atoms with van der Waals surface area (Å²) in [7, 11) is 0. The van der Waals surface area contributed by atoms with Crippen molar-refractivity contribution in [2.75, 3.05) is 30.9 Å². The van der Waals surface area contributed by atoms with Crippen molar-refractivity contribution in [1.29, 1.82) is 0 Å². The van der Waals surface area contributed by atoms with Crippen molar-refractivity contribution < 1.29 is 4.74 Å². The maximum atomic E-state index is 5.93. The Morgan fingerprint density at radius 1 is 1.32 bits per heavy atom.